The van der Waals surface area contributed by atoms with Gasteiger partial charge in [-0.15, -0.1) is 11.3 Å². The molecule has 0 saturated carbocycles. The third-order valence-corrected chi connectivity index (χ3v) is 6.52. The molecule has 0 unspecified atom stereocenters. The van der Waals surface area contributed by atoms with Crippen molar-refractivity contribution in [2.24, 2.45) is 0 Å². The first kappa shape index (κ1) is 18.7. The molecule has 28 heavy (non-hydrogen) atoms. The molecule has 0 bridgehead atoms. The summed E-state index contributed by atoms with van der Waals surface area (Å²) in [4.78, 5) is 12.9. The zero-order valence-corrected chi connectivity index (χ0v) is 17.1. The zero-order chi connectivity index (χ0) is 19.5. The average molecular weight is 389 g/mol. The van der Waals surface area contributed by atoms with Crippen LogP contribution in [-0.2, 0) is 11.2 Å². The van der Waals surface area contributed by atoms with Gasteiger partial charge in [-0.25, -0.2) is 4.79 Å². The van der Waals surface area contributed by atoms with E-state index in [1.807, 2.05) is 18.2 Å². The van der Waals surface area contributed by atoms with Crippen LogP contribution < -0.4 is 0 Å². The number of benzene rings is 3. The first-order valence-electron chi connectivity index (χ1n) is 9.85. The Labute approximate surface area is 169 Å². The summed E-state index contributed by atoms with van der Waals surface area (Å²) in [7, 11) is 1.47. The van der Waals surface area contributed by atoms with E-state index in [1.165, 1.54) is 27.3 Å². The normalized spacial score (nSPS) is 11.2. The van der Waals surface area contributed by atoms with Crippen molar-refractivity contribution in [3.63, 3.8) is 0 Å². The van der Waals surface area contributed by atoms with Crippen LogP contribution in [0.4, 0.5) is 0 Å². The molecular formula is C25H24O2S. The molecule has 2 nitrogen and oxygen atoms in total. The number of aryl methyl sites for hydroxylation is 1. The maximum Gasteiger partial charge on any atom is 0.338 e. The van der Waals surface area contributed by atoms with Crippen LogP contribution in [0.1, 0.15) is 42.1 Å². The van der Waals surface area contributed by atoms with Gasteiger partial charge in [0.25, 0.3) is 0 Å². The van der Waals surface area contributed by atoms with E-state index < -0.39 is 0 Å². The van der Waals surface area contributed by atoms with E-state index in [-0.39, 0.29) is 5.97 Å². The fraction of sp³-hybridized carbons (Fsp3) is 0.240. The molecule has 1 heterocycles. The highest BCUT2D eigenvalue weighted by Crippen LogP contribution is 2.42. The lowest BCUT2D eigenvalue weighted by Crippen LogP contribution is -2.09. The van der Waals surface area contributed by atoms with Crippen LogP contribution in [0.5, 0.6) is 0 Å². The van der Waals surface area contributed by atoms with Crippen molar-refractivity contribution < 1.29 is 9.53 Å². The molecule has 0 aliphatic rings. The molecule has 0 atom stereocenters. The van der Waals surface area contributed by atoms with E-state index in [0.29, 0.717) is 0 Å². The topological polar surface area (TPSA) is 26.3 Å². The quantitative estimate of drug-likeness (QED) is 0.257. The van der Waals surface area contributed by atoms with Gasteiger partial charge in [-0.1, -0.05) is 68.3 Å². The number of unbranched alkanes of at least 4 members (excludes halogenated alkanes) is 2. The van der Waals surface area contributed by atoms with Crippen LogP contribution in [-0.4, -0.2) is 13.1 Å². The minimum Gasteiger partial charge on any atom is -0.465 e. The summed E-state index contributed by atoms with van der Waals surface area (Å²) in [5, 5.41) is 2.49. The molecule has 0 N–H and O–H groups in total. The molecule has 0 amide bonds. The largest absolute Gasteiger partial charge is 0.465 e. The van der Waals surface area contributed by atoms with E-state index in [4.69, 9.17) is 4.74 Å². The second-order valence-corrected chi connectivity index (χ2v) is 8.12. The number of thiophene rings is 1. The van der Waals surface area contributed by atoms with Crippen molar-refractivity contribution in [2.75, 3.05) is 7.11 Å². The number of fused-ring (bicyclic) bond motifs is 3. The Balaban J connectivity index is 2.07. The summed E-state index contributed by atoms with van der Waals surface area (Å²) in [6.07, 6.45) is 4.27. The van der Waals surface area contributed by atoms with Gasteiger partial charge in [0.2, 0.25) is 0 Å². The number of carbonyl (C=O) groups excluding carboxylic acids is 1. The van der Waals surface area contributed by atoms with Crippen molar-refractivity contribution >= 4 is 37.5 Å². The molecule has 0 fully saturated rings. The van der Waals surface area contributed by atoms with Crippen LogP contribution in [0.2, 0.25) is 0 Å². The van der Waals surface area contributed by atoms with E-state index in [1.54, 1.807) is 11.3 Å². The summed E-state index contributed by atoms with van der Waals surface area (Å²) in [6, 6.07) is 20.9. The number of hydrogen-bond donors (Lipinski definition) is 0. The predicted octanol–water partition coefficient (Wildman–Crippen LogP) is 7.24. The summed E-state index contributed by atoms with van der Waals surface area (Å²) in [5.41, 5.74) is 3.88. The van der Waals surface area contributed by atoms with Crippen molar-refractivity contribution in [3.05, 3.63) is 71.8 Å². The number of hydrogen-bond acceptors (Lipinski definition) is 3. The fourth-order valence-corrected chi connectivity index (χ4v) is 5.16. The van der Waals surface area contributed by atoms with Crippen molar-refractivity contribution in [3.8, 4) is 11.1 Å². The number of carbonyl (C=O) groups is 1. The van der Waals surface area contributed by atoms with Crippen molar-refractivity contribution in [2.45, 2.75) is 32.6 Å². The van der Waals surface area contributed by atoms with Gasteiger partial charge in [-0.3, -0.25) is 0 Å². The lowest BCUT2D eigenvalue weighted by molar-refractivity contribution is 0.0600. The van der Waals surface area contributed by atoms with Crippen LogP contribution in [0.15, 0.2) is 60.7 Å². The lowest BCUT2D eigenvalue weighted by atomic mass is 9.90. The number of esters is 1. The maximum absolute atomic E-state index is 12.9. The molecule has 0 spiro atoms. The van der Waals surface area contributed by atoms with Gasteiger partial charge >= 0.3 is 5.97 Å². The highest BCUT2D eigenvalue weighted by Gasteiger charge is 2.23. The van der Waals surface area contributed by atoms with Crippen molar-refractivity contribution in [1.29, 1.82) is 0 Å². The number of methoxy groups -OCH3 is 1. The SMILES string of the molecule is CCCCCc1c(C(=O)OC)c(-c2ccccc2)cc2c1sc1ccccc12. The van der Waals surface area contributed by atoms with Gasteiger partial charge in [0.1, 0.15) is 0 Å². The van der Waals surface area contributed by atoms with E-state index in [0.717, 1.165) is 47.9 Å². The van der Waals surface area contributed by atoms with Crippen LogP contribution >= 0.6 is 11.3 Å². The Morgan fingerprint density at radius 1 is 0.964 bits per heavy atom. The standard InChI is InChI=1S/C25H24O2S/c1-3-4-6-14-19-23(25(26)27-2)20(17-11-7-5-8-12-17)16-21-18-13-9-10-15-22(18)28-24(19)21/h5,7-13,15-16H,3-4,6,14H2,1-2H3. The van der Waals surface area contributed by atoms with E-state index in [2.05, 4.69) is 49.4 Å². The van der Waals surface area contributed by atoms with Crippen molar-refractivity contribution in [1.82, 2.24) is 0 Å². The first-order valence-corrected chi connectivity index (χ1v) is 10.7. The summed E-state index contributed by atoms with van der Waals surface area (Å²) in [5.74, 6) is -0.246. The van der Waals surface area contributed by atoms with Crippen LogP contribution in [0.25, 0.3) is 31.3 Å². The Bertz CT molecular complexity index is 1130. The monoisotopic (exact) mass is 388 g/mol. The summed E-state index contributed by atoms with van der Waals surface area (Å²) >= 11 is 1.78. The van der Waals surface area contributed by atoms with E-state index in [9.17, 15) is 4.79 Å². The van der Waals surface area contributed by atoms with Gasteiger partial charge in [0.15, 0.2) is 0 Å². The van der Waals surface area contributed by atoms with Gasteiger partial charge < -0.3 is 4.74 Å². The molecule has 0 aliphatic carbocycles. The lowest BCUT2D eigenvalue weighted by Gasteiger charge is -2.15. The van der Waals surface area contributed by atoms with Gasteiger partial charge in [-0.05, 0) is 41.7 Å². The summed E-state index contributed by atoms with van der Waals surface area (Å²) in [6.45, 7) is 2.20. The molecule has 4 rings (SSSR count). The highest BCUT2D eigenvalue weighted by atomic mass is 32.1. The molecule has 0 saturated heterocycles. The molecule has 142 valence electrons. The first-order chi connectivity index (χ1) is 13.7. The summed E-state index contributed by atoms with van der Waals surface area (Å²) < 4.78 is 7.71. The molecule has 1 aromatic heterocycles. The second-order valence-electron chi connectivity index (χ2n) is 7.07. The Hall–Kier alpha value is -2.65. The fourth-order valence-electron chi connectivity index (χ4n) is 3.90. The predicted molar refractivity (Wildman–Crippen MR) is 119 cm³/mol. The third kappa shape index (κ3) is 3.31. The molecule has 3 heteroatoms. The van der Waals surface area contributed by atoms with Crippen LogP contribution in [0.3, 0.4) is 0 Å². The number of ether oxygens (including phenoxy) is 1. The minimum absolute atomic E-state index is 0.246. The maximum atomic E-state index is 12.9. The van der Waals surface area contributed by atoms with Gasteiger partial charge in [0, 0.05) is 20.2 Å². The Kier molecular flexibility index (Phi) is 5.45. The third-order valence-electron chi connectivity index (χ3n) is 5.27. The number of rotatable bonds is 6. The Morgan fingerprint density at radius 3 is 2.46 bits per heavy atom. The highest BCUT2D eigenvalue weighted by molar-refractivity contribution is 7.26. The van der Waals surface area contributed by atoms with Gasteiger partial charge in [0.05, 0.1) is 12.7 Å². The van der Waals surface area contributed by atoms with E-state index >= 15 is 0 Å². The smallest absolute Gasteiger partial charge is 0.338 e. The Morgan fingerprint density at radius 2 is 1.71 bits per heavy atom. The molecular weight excluding hydrogens is 364 g/mol. The minimum atomic E-state index is -0.246. The van der Waals surface area contributed by atoms with Gasteiger partial charge in [-0.2, -0.15) is 0 Å². The second kappa shape index (κ2) is 8.15. The van der Waals surface area contributed by atoms with Crippen LogP contribution in [0, 0.1) is 0 Å². The molecule has 0 radical (unpaired) electrons. The molecule has 4 aromatic rings. The molecule has 0 aliphatic heterocycles. The molecule has 3 aromatic carbocycles. The zero-order valence-electron chi connectivity index (χ0n) is 16.3. The average Bonchev–Trinajstić information content (AvgIpc) is 3.12.